The van der Waals surface area contributed by atoms with Crippen LogP contribution >= 0.6 is 0 Å². The summed E-state index contributed by atoms with van der Waals surface area (Å²) in [4.78, 5) is 26.2. The Kier molecular flexibility index (Phi) is 4.92. The first-order valence-electron chi connectivity index (χ1n) is 11.4. The summed E-state index contributed by atoms with van der Waals surface area (Å²) in [6, 6.07) is 7.68. The molecule has 4 fully saturated rings. The Morgan fingerprint density at radius 3 is 2.34 bits per heavy atom. The molecule has 4 bridgehead atoms. The van der Waals surface area contributed by atoms with Gasteiger partial charge < -0.3 is 5.32 Å². The molecule has 5 heteroatoms. The second-order valence-corrected chi connectivity index (χ2v) is 9.56. The third-order valence-electron chi connectivity index (χ3n) is 7.58. The molecule has 0 atom stereocenters. The first-order chi connectivity index (χ1) is 14.1. The van der Waals surface area contributed by atoms with E-state index in [1.54, 1.807) is 0 Å². The fraction of sp³-hybridized carbons (Fsp3) is 0.625. The van der Waals surface area contributed by atoms with Crippen LogP contribution in [0.2, 0.25) is 0 Å². The molecule has 2 aromatic rings. The van der Waals surface area contributed by atoms with Crippen LogP contribution in [0.4, 0.5) is 0 Å². The third-order valence-corrected chi connectivity index (χ3v) is 7.58. The second-order valence-electron chi connectivity index (χ2n) is 9.56. The number of aromatic nitrogens is 2. The van der Waals surface area contributed by atoms with Crippen LogP contribution < -0.4 is 10.9 Å². The number of nitrogens with zero attached hydrogens (tertiary/aromatic N) is 2. The Morgan fingerprint density at radius 1 is 1.03 bits per heavy atom. The average molecular weight is 394 g/mol. The molecule has 1 amide bonds. The number of aryl methyl sites for hydroxylation is 1. The Hall–Kier alpha value is -2.17. The van der Waals surface area contributed by atoms with Crippen LogP contribution in [0.1, 0.15) is 68.8 Å². The molecule has 0 spiro atoms. The summed E-state index contributed by atoms with van der Waals surface area (Å²) in [6.45, 7) is 2.70. The van der Waals surface area contributed by atoms with E-state index < -0.39 is 0 Å². The van der Waals surface area contributed by atoms with Crippen molar-refractivity contribution in [1.82, 2.24) is 15.1 Å². The second kappa shape index (κ2) is 7.58. The normalized spacial score (nSPS) is 30.0. The number of carbonyl (C=O) groups excluding carboxylic acids is 1. The van der Waals surface area contributed by atoms with E-state index in [0.717, 1.165) is 31.1 Å². The van der Waals surface area contributed by atoms with Gasteiger partial charge in [0, 0.05) is 18.0 Å². The van der Waals surface area contributed by atoms with Crippen LogP contribution in [0.25, 0.3) is 10.8 Å². The number of benzene rings is 1. The molecule has 5 nitrogen and oxygen atoms in total. The number of unbranched alkanes of at least 4 members (excludes halogenated alkanes) is 2. The maximum atomic E-state index is 13.4. The predicted molar refractivity (Wildman–Crippen MR) is 114 cm³/mol. The van der Waals surface area contributed by atoms with Gasteiger partial charge in [-0.1, -0.05) is 38.0 Å². The van der Waals surface area contributed by atoms with Crippen molar-refractivity contribution in [2.45, 2.75) is 70.9 Å². The van der Waals surface area contributed by atoms with Crippen molar-refractivity contribution < 1.29 is 4.79 Å². The maximum absolute atomic E-state index is 13.4. The van der Waals surface area contributed by atoms with Gasteiger partial charge in [0.15, 0.2) is 5.69 Å². The first kappa shape index (κ1) is 18.8. The van der Waals surface area contributed by atoms with Crippen LogP contribution in [0, 0.1) is 23.7 Å². The van der Waals surface area contributed by atoms with E-state index in [4.69, 9.17) is 0 Å². The zero-order chi connectivity index (χ0) is 20.0. The highest BCUT2D eigenvalue weighted by Gasteiger charge is 2.48. The number of hydrogen-bond donors (Lipinski definition) is 1. The van der Waals surface area contributed by atoms with Crippen LogP contribution in [0.3, 0.4) is 0 Å². The zero-order valence-electron chi connectivity index (χ0n) is 17.3. The van der Waals surface area contributed by atoms with E-state index in [0.29, 0.717) is 34.8 Å². The monoisotopic (exact) mass is 393 g/mol. The SMILES string of the molecule is CCCCCn1nc(C(=O)NC2C3CC4CC(C3)CC2C4)c2ccccc2c1=O. The molecule has 0 radical (unpaired) electrons. The van der Waals surface area contributed by atoms with Crippen LogP contribution in [-0.4, -0.2) is 21.7 Å². The molecule has 4 aliphatic rings. The fourth-order valence-corrected chi connectivity index (χ4v) is 6.45. The lowest BCUT2D eigenvalue weighted by Crippen LogP contribution is -2.56. The van der Waals surface area contributed by atoms with Gasteiger partial charge in [0.1, 0.15) is 0 Å². The number of nitrogens with one attached hydrogen (secondary N) is 1. The van der Waals surface area contributed by atoms with Crippen molar-refractivity contribution in [3.05, 3.63) is 40.3 Å². The quantitative estimate of drug-likeness (QED) is 0.750. The molecule has 4 aliphatic carbocycles. The lowest BCUT2D eigenvalue weighted by molar-refractivity contribution is -0.0120. The largest absolute Gasteiger partial charge is 0.347 e. The zero-order valence-corrected chi connectivity index (χ0v) is 17.3. The van der Waals surface area contributed by atoms with E-state index in [2.05, 4.69) is 17.3 Å². The number of amides is 1. The molecule has 1 N–H and O–H groups in total. The lowest BCUT2D eigenvalue weighted by Gasteiger charge is -2.54. The summed E-state index contributed by atoms with van der Waals surface area (Å²) in [6.07, 6.45) is 9.51. The van der Waals surface area contributed by atoms with Crippen molar-refractivity contribution in [3.8, 4) is 0 Å². The maximum Gasteiger partial charge on any atom is 0.274 e. The molecule has 1 aromatic heterocycles. The van der Waals surface area contributed by atoms with Gasteiger partial charge in [0.25, 0.3) is 11.5 Å². The summed E-state index contributed by atoms with van der Waals surface area (Å²) >= 11 is 0. The molecule has 0 unspecified atom stereocenters. The van der Waals surface area contributed by atoms with Gasteiger partial charge in [-0.2, -0.15) is 5.10 Å². The average Bonchev–Trinajstić information content (AvgIpc) is 2.72. The van der Waals surface area contributed by atoms with Crippen molar-refractivity contribution >= 4 is 16.7 Å². The van der Waals surface area contributed by atoms with Gasteiger partial charge in [0.05, 0.1) is 5.39 Å². The summed E-state index contributed by atoms with van der Waals surface area (Å²) in [5.41, 5.74) is 0.313. The Morgan fingerprint density at radius 2 is 1.69 bits per heavy atom. The minimum absolute atomic E-state index is 0.0946. The van der Waals surface area contributed by atoms with Gasteiger partial charge in [-0.25, -0.2) is 4.68 Å². The number of fused-ring (bicyclic) bond motifs is 1. The van der Waals surface area contributed by atoms with E-state index in [-0.39, 0.29) is 17.5 Å². The van der Waals surface area contributed by atoms with Crippen LogP contribution in [0.15, 0.2) is 29.1 Å². The number of rotatable bonds is 6. The van der Waals surface area contributed by atoms with Gasteiger partial charge in [-0.05, 0) is 68.3 Å². The highest BCUT2D eigenvalue weighted by Crippen LogP contribution is 2.53. The lowest BCUT2D eigenvalue weighted by atomic mass is 9.54. The smallest absolute Gasteiger partial charge is 0.274 e. The fourth-order valence-electron chi connectivity index (χ4n) is 6.45. The van der Waals surface area contributed by atoms with Gasteiger partial charge in [-0.3, -0.25) is 9.59 Å². The van der Waals surface area contributed by atoms with Crippen molar-refractivity contribution in [1.29, 1.82) is 0 Å². The molecule has 1 heterocycles. The molecule has 0 saturated heterocycles. The van der Waals surface area contributed by atoms with Gasteiger partial charge >= 0.3 is 0 Å². The first-order valence-corrected chi connectivity index (χ1v) is 11.4. The van der Waals surface area contributed by atoms with Crippen molar-refractivity contribution in [2.75, 3.05) is 0 Å². The van der Waals surface area contributed by atoms with E-state index in [9.17, 15) is 9.59 Å². The molecule has 0 aliphatic heterocycles. The Labute approximate surface area is 171 Å². The van der Waals surface area contributed by atoms with Gasteiger partial charge in [-0.15, -0.1) is 0 Å². The van der Waals surface area contributed by atoms with Crippen molar-refractivity contribution in [2.24, 2.45) is 23.7 Å². The molecule has 29 heavy (non-hydrogen) atoms. The van der Waals surface area contributed by atoms with Crippen molar-refractivity contribution in [3.63, 3.8) is 0 Å². The number of carbonyl (C=O) groups is 1. The highest BCUT2D eigenvalue weighted by molar-refractivity contribution is 6.04. The predicted octanol–water partition coefficient (Wildman–Crippen LogP) is 4.14. The van der Waals surface area contributed by atoms with E-state index in [1.807, 2.05) is 24.3 Å². The molecule has 6 rings (SSSR count). The minimum Gasteiger partial charge on any atom is -0.347 e. The molecular formula is C24H31N3O2. The molecule has 154 valence electrons. The molecule has 1 aromatic carbocycles. The minimum atomic E-state index is -0.108. The number of hydrogen-bond acceptors (Lipinski definition) is 3. The topological polar surface area (TPSA) is 64.0 Å². The van der Waals surface area contributed by atoms with Gasteiger partial charge in [0.2, 0.25) is 0 Å². The highest BCUT2D eigenvalue weighted by atomic mass is 16.2. The Bertz CT molecular complexity index is 952. The van der Waals surface area contributed by atoms with Crippen LogP contribution in [-0.2, 0) is 6.54 Å². The molecule has 4 saturated carbocycles. The standard InChI is InChI=1S/C24H31N3O2/c1-2-3-6-9-27-24(29)20-8-5-4-7-19(20)22(26-27)23(28)25-21-17-11-15-10-16(13-17)14-18(21)12-15/h4-5,7-8,15-18,21H,2-3,6,9-14H2,1H3,(H,25,28). The van der Waals surface area contributed by atoms with E-state index >= 15 is 0 Å². The Balaban J connectivity index is 1.45. The third kappa shape index (κ3) is 3.38. The summed E-state index contributed by atoms with van der Waals surface area (Å²) < 4.78 is 1.50. The summed E-state index contributed by atoms with van der Waals surface area (Å²) in [7, 11) is 0. The summed E-state index contributed by atoms with van der Waals surface area (Å²) in [5.74, 6) is 2.90. The summed E-state index contributed by atoms with van der Waals surface area (Å²) in [5, 5.41) is 9.18. The molecular weight excluding hydrogens is 362 g/mol. The van der Waals surface area contributed by atoms with Crippen LogP contribution in [0.5, 0.6) is 0 Å². The van der Waals surface area contributed by atoms with E-state index in [1.165, 1.54) is 36.8 Å².